The number of rotatable bonds is 0. The molecule has 0 aliphatic carbocycles. The molecule has 0 aliphatic rings. The Morgan fingerprint density at radius 1 is 0.667 bits per heavy atom. The van der Waals surface area contributed by atoms with E-state index in [1.807, 2.05) is 0 Å². The molecule has 0 aromatic carbocycles. The lowest BCUT2D eigenvalue weighted by Crippen LogP contribution is -1.92. The van der Waals surface area contributed by atoms with Crippen molar-refractivity contribution in [1.82, 2.24) is 0 Å². The summed E-state index contributed by atoms with van der Waals surface area (Å²) >= 11 is 0. The maximum atomic E-state index is 9.85. The Bertz CT molecular complexity index is 71.6. The molecule has 1 nitrogen and oxygen atoms in total. The van der Waals surface area contributed by atoms with E-state index in [4.69, 9.17) is 0 Å². The van der Waals surface area contributed by atoms with Gasteiger partial charge in [-0.15, -0.1) is 12.4 Å². The van der Waals surface area contributed by atoms with Gasteiger partial charge < -0.3 is 5.48 Å². The number of hydrogen-bond donors (Lipinski definition) is 0. The summed E-state index contributed by atoms with van der Waals surface area (Å²) in [5, 5.41) is 0. The summed E-state index contributed by atoms with van der Waals surface area (Å²) in [6.45, 7) is 0. The number of halogens is 7. The van der Waals surface area contributed by atoms with Crippen molar-refractivity contribution in [2.75, 3.05) is 0 Å². The molecule has 0 aromatic rings. The van der Waals surface area contributed by atoms with E-state index in [9.17, 15) is 23.3 Å². The molecule has 9 heavy (non-hydrogen) atoms. The van der Waals surface area contributed by atoms with Gasteiger partial charge in [-0.3, -0.25) is 0 Å². The molecule has 0 fully saturated rings. The Morgan fingerprint density at radius 3 is 0.667 bits per heavy atom. The van der Waals surface area contributed by atoms with Crippen LogP contribution in [-0.4, -0.2) is 5.48 Å². The van der Waals surface area contributed by atoms with E-state index in [1.165, 1.54) is 0 Å². The van der Waals surface area contributed by atoms with Crippen LogP contribution in [0.3, 0.4) is 0 Å². The fourth-order valence-corrected chi connectivity index (χ4v) is 0. The highest BCUT2D eigenvalue weighted by atomic mass is 35.5. The van der Waals surface area contributed by atoms with Crippen LogP contribution in [0, 0.1) is 0 Å². The van der Waals surface area contributed by atoms with Gasteiger partial charge in [-0.1, -0.05) is 23.3 Å². The van der Waals surface area contributed by atoms with Crippen molar-refractivity contribution >= 4 is 23.0 Å². The summed E-state index contributed by atoms with van der Waals surface area (Å²) in [5.41, 5.74) is 0. The van der Waals surface area contributed by atoms with Crippen molar-refractivity contribution in [2.45, 2.75) is 0 Å². The van der Waals surface area contributed by atoms with Crippen molar-refractivity contribution in [2.24, 2.45) is 0 Å². The highest BCUT2D eigenvalue weighted by Gasteiger charge is 2.64. The third-order valence-corrected chi connectivity index (χ3v) is 0. The lowest BCUT2D eigenvalue weighted by atomic mass is 16.0. The van der Waals surface area contributed by atoms with E-state index >= 15 is 0 Å². The van der Waals surface area contributed by atoms with Gasteiger partial charge in [-0.05, 0) is 0 Å². The lowest BCUT2D eigenvalue weighted by Gasteiger charge is -2.28. The van der Waals surface area contributed by atoms with Crippen LogP contribution in [-0.2, 0) is 0 Å². The molecule has 0 atom stereocenters. The molecule has 0 saturated heterocycles. The standard InChI is InChI=1S/ClH.F6S.H2O/c;1-7(2,3,4,5)6;/h1H;;1H2. The van der Waals surface area contributed by atoms with Gasteiger partial charge in [0.15, 0.2) is 0 Å². The number of hydrogen-bond acceptors (Lipinski definition) is 0. The third-order valence-electron chi connectivity index (χ3n) is 0. The van der Waals surface area contributed by atoms with Crippen LogP contribution < -0.4 is 0 Å². The molecule has 0 unspecified atom stereocenters. The second-order valence-corrected chi connectivity index (χ2v) is 2.62. The van der Waals surface area contributed by atoms with Gasteiger partial charge in [0.1, 0.15) is 0 Å². The van der Waals surface area contributed by atoms with Gasteiger partial charge in [-0.25, -0.2) is 0 Å². The van der Waals surface area contributed by atoms with Gasteiger partial charge in [0.2, 0.25) is 0 Å². The van der Waals surface area contributed by atoms with E-state index in [2.05, 4.69) is 0 Å². The average molecular weight is 201 g/mol. The Balaban J connectivity index is -0.000000180. The Hall–Kier alpha value is 0.180. The van der Waals surface area contributed by atoms with E-state index in [0.717, 1.165) is 0 Å². The van der Waals surface area contributed by atoms with Crippen LogP contribution in [0.1, 0.15) is 0 Å². The van der Waals surface area contributed by atoms with Crippen molar-refractivity contribution < 1.29 is 28.8 Å². The molecule has 0 bridgehead atoms. The second kappa shape index (κ2) is 1.83. The quantitative estimate of drug-likeness (QED) is 0.539. The van der Waals surface area contributed by atoms with Crippen molar-refractivity contribution in [3.8, 4) is 0 Å². The fourth-order valence-electron chi connectivity index (χ4n) is 0. The summed E-state index contributed by atoms with van der Waals surface area (Å²) in [7, 11) is -10.5. The predicted molar refractivity (Wildman–Crippen MR) is 25.1 cm³/mol. The molecule has 0 amide bonds. The first kappa shape index (κ1) is 16.1. The van der Waals surface area contributed by atoms with Crippen molar-refractivity contribution in [3.05, 3.63) is 0 Å². The summed E-state index contributed by atoms with van der Waals surface area (Å²) in [4.78, 5) is 0. The fraction of sp³-hybridized carbons (Fsp3) is 0. The molecule has 9 heteroatoms. The first-order chi connectivity index (χ1) is 2.45. The first-order valence-corrected chi connectivity index (χ1v) is 2.78. The van der Waals surface area contributed by atoms with Crippen LogP contribution in [0.2, 0.25) is 0 Å². The maximum Gasteiger partial charge on any atom is 0.431 e. The summed E-state index contributed by atoms with van der Waals surface area (Å²) in [5.74, 6) is 0. The average Bonchev–Trinajstić information content (AvgIpc) is 0.592. The Morgan fingerprint density at radius 2 is 0.667 bits per heavy atom. The lowest BCUT2D eigenvalue weighted by molar-refractivity contribution is 0.291. The molecule has 0 spiro atoms. The minimum absolute atomic E-state index is 0. The monoisotopic (exact) mass is 200 g/mol. The predicted octanol–water partition coefficient (Wildman–Crippen LogP) is 2.77. The van der Waals surface area contributed by atoms with E-state index in [1.54, 1.807) is 0 Å². The second-order valence-electron chi connectivity index (χ2n) is 0.875. The topological polar surface area (TPSA) is 31.5 Å². The van der Waals surface area contributed by atoms with Crippen LogP contribution >= 0.6 is 23.0 Å². The summed E-state index contributed by atoms with van der Waals surface area (Å²) < 4.78 is 59.1. The molecule has 0 heterocycles. The van der Waals surface area contributed by atoms with Crippen LogP contribution in [0.15, 0.2) is 0 Å². The molecule has 0 radical (unpaired) electrons. The molecule has 0 saturated carbocycles. The van der Waals surface area contributed by atoms with E-state index in [0.29, 0.717) is 0 Å². The van der Waals surface area contributed by atoms with Crippen LogP contribution in [0.4, 0.5) is 23.3 Å². The Kier molecular flexibility index (Phi) is 3.27. The SMILES string of the molecule is Cl.FS(F)(F)(F)(F)F.O. The third kappa shape index (κ3) is 9640. The largest absolute Gasteiger partial charge is 0.431 e. The molecular formula is H3ClF6OS. The molecule has 2 N–H and O–H groups in total. The van der Waals surface area contributed by atoms with Gasteiger partial charge in [0, 0.05) is 0 Å². The zero-order chi connectivity index (χ0) is 6.41. The minimum Gasteiger partial charge on any atom is -0.412 e. The highest BCUT2D eigenvalue weighted by Crippen LogP contribution is 2.99. The van der Waals surface area contributed by atoms with Gasteiger partial charge in [0.05, 0.1) is 0 Å². The highest BCUT2D eigenvalue weighted by molar-refractivity contribution is 8.41. The van der Waals surface area contributed by atoms with Crippen molar-refractivity contribution in [1.29, 1.82) is 0 Å². The first-order valence-electron chi connectivity index (χ1n) is 0.926. The van der Waals surface area contributed by atoms with Crippen molar-refractivity contribution in [3.63, 3.8) is 0 Å². The zero-order valence-corrected chi connectivity index (χ0v) is 5.22. The zero-order valence-electron chi connectivity index (χ0n) is 3.58. The Labute approximate surface area is 52.8 Å². The maximum absolute atomic E-state index is 10.5. The van der Waals surface area contributed by atoms with Gasteiger partial charge in [0.25, 0.3) is 0 Å². The summed E-state index contributed by atoms with van der Waals surface area (Å²) in [6, 6.07) is 0. The molecular weight excluding hydrogens is 198 g/mol. The van der Waals surface area contributed by atoms with Crippen LogP contribution in [0.5, 0.6) is 0 Å². The molecule has 64 valence electrons. The normalized spacial score (nSPS) is 18.0. The van der Waals surface area contributed by atoms with Crippen LogP contribution in [0.25, 0.3) is 0 Å². The van der Waals surface area contributed by atoms with E-state index < -0.39 is 10.6 Å². The van der Waals surface area contributed by atoms with E-state index in [-0.39, 0.29) is 17.9 Å². The smallest absolute Gasteiger partial charge is 0.412 e. The van der Waals surface area contributed by atoms with Gasteiger partial charge in [-0.2, -0.15) is 0 Å². The minimum atomic E-state index is -10.5. The summed E-state index contributed by atoms with van der Waals surface area (Å²) in [6.07, 6.45) is 0. The molecule has 0 aromatic heterocycles. The molecule has 0 aliphatic heterocycles. The van der Waals surface area contributed by atoms with Gasteiger partial charge >= 0.3 is 10.6 Å². The molecule has 0 rings (SSSR count).